The van der Waals surface area contributed by atoms with E-state index in [9.17, 15) is 19.5 Å². The third-order valence-corrected chi connectivity index (χ3v) is 3.76. The number of carbonyl (C=O) groups excluding carboxylic acids is 2. The molecule has 6 nitrogen and oxygen atoms in total. The Labute approximate surface area is 154 Å². The minimum absolute atomic E-state index is 0.0888. The zero-order valence-electron chi connectivity index (χ0n) is 16.1. The molecule has 1 aromatic rings. The van der Waals surface area contributed by atoms with Crippen LogP contribution in [0.5, 0.6) is 0 Å². The van der Waals surface area contributed by atoms with Crippen LogP contribution in [0.2, 0.25) is 0 Å². The molecule has 0 saturated heterocycles. The number of ether oxygens (including phenoxy) is 1. The van der Waals surface area contributed by atoms with Crippen molar-refractivity contribution in [2.24, 2.45) is 17.8 Å². The second-order valence-electron chi connectivity index (χ2n) is 7.79. The van der Waals surface area contributed by atoms with Crippen LogP contribution in [0, 0.1) is 17.8 Å². The molecule has 6 heteroatoms. The smallest absolute Gasteiger partial charge is 0.312 e. The minimum atomic E-state index is -1.07. The normalized spacial score (nSPS) is 13.8. The number of amides is 1. The van der Waals surface area contributed by atoms with Crippen molar-refractivity contribution in [1.29, 1.82) is 0 Å². The molecule has 0 heterocycles. The Balaban J connectivity index is 2.97. The van der Waals surface area contributed by atoms with Crippen LogP contribution in [0.25, 0.3) is 0 Å². The number of hydrogen-bond donors (Lipinski definition) is 2. The molecule has 1 rings (SSSR count). The van der Waals surface area contributed by atoms with Crippen molar-refractivity contribution in [3.63, 3.8) is 0 Å². The quantitative estimate of drug-likeness (QED) is 0.692. The molecule has 0 aliphatic heterocycles. The zero-order chi connectivity index (χ0) is 19.9. The molecule has 2 unspecified atom stereocenters. The van der Waals surface area contributed by atoms with Crippen LogP contribution in [-0.4, -0.2) is 35.1 Å². The van der Waals surface area contributed by atoms with E-state index in [1.807, 2.05) is 13.8 Å². The van der Waals surface area contributed by atoms with E-state index in [0.717, 1.165) is 0 Å². The fourth-order valence-electron chi connectivity index (χ4n) is 2.61. The van der Waals surface area contributed by atoms with Gasteiger partial charge in [-0.25, -0.2) is 0 Å². The molecular weight excluding hydrogens is 334 g/mol. The number of rotatable bonds is 8. The lowest BCUT2D eigenvalue weighted by Crippen LogP contribution is -2.43. The lowest BCUT2D eigenvalue weighted by Gasteiger charge is -2.28. The highest BCUT2D eigenvalue weighted by Crippen LogP contribution is 2.24. The maximum Gasteiger partial charge on any atom is 0.312 e. The van der Waals surface area contributed by atoms with Gasteiger partial charge in [-0.1, -0.05) is 32.0 Å². The average Bonchev–Trinajstić information content (AvgIpc) is 2.52. The summed E-state index contributed by atoms with van der Waals surface area (Å²) in [4.78, 5) is 36.6. The summed E-state index contributed by atoms with van der Waals surface area (Å²) < 4.78 is 5.40. The molecule has 2 atom stereocenters. The summed E-state index contributed by atoms with van der Waals surface area (Å²) in [5.74, 6) is -3.83. The summed E-state index contributed by atoms with van der Waals surface area (Å²) in [5, 5.41) is 12.3. The number of benzene rings is 1. The second kappa shape index (κ2) is 9.36. The van der Waals surface area contributed by atoms with Crippen molar-refractivity contribution in [1.82, 2.24) is 5.32 Å². The molecule has 2 N–H and O–H groups in total. The maximum atomic E-state index is 12.6. The number of carboxylic acid groups (broad SMARTS) is 1. The van der Waals surface area contributed by atoms with Gasteiger partial charge in [0.1, 0.15) is 5.60 Å². The molecule has 0 spiro atoms. The Morgan fingerprint density at radius 2 is 1.65 bits per heavy atom. The highest BCUT2D eigenvalue weighted by Gasteiger charge is 2.37. The first kappa shape index (κ1) is 21.7. The lowest BCUT2D eigenvalue weighted by atomic mass is 9.85. The molecule has 0 aromatic heterocycles. The van der Waals surface area contributed by atoms with E-state index in [2.05, 4.69) is 5.32 Å². The fourth-order valence-corrected chi connectivity index (χ4v) is 2.61. The van der Waals surface area contributed by atoms with Crippen LogP contribution in [0.3, 0.4) is 0 Å². The Kier molecular flexibility index (Phi) is 7.80. The van der Waals surface area contributed by atoms with Crippen molar-refractivity contribution in [3.8, 4) is 0 Å². The van der Waals surface area contributed by atoms with Crippen molar-refractivity contribution in [2.75, 3.05) is 6.54 Å². The number of carboxylic acids is 1. The Morgan fingerprint density at radius 3 is 2.12 bits per heavy atom. The Hall–Kier alpha value is -2.37. The van der Waals surface area contributed by atoms with Crippen LogP contribution in [0.1, 0.15) is 51.4 Å². The summed E-state index contributed by atoms with van der Waals surface area (Å²) >= 11 is 0. The van der Waals surface area contributed by atoms with Gasteiger partial charge < -0.3 is 15.2 Å². The average molecular weight is 363 g/mol. The predicted octanol–water partition coefficient (Wildman–Crippen LogP) is 3.12. The molecule has 0 bridgehead atoms. The van der Waals surface area contributed by atoms with Crippen molar-refractivity contribution < 1.29 is 24.2 Å². The maximum absolute atomic E-state index is 12.6. The molecule has 0 aliphatic rings. The van der Waals surface area contributed by atoms with E-state index in [1.54, 1.807) is 51.1 Å². The highest BCUT2D eigenvalue weighted by atomic mass is 16.6. The van der Waals surface area contributed by atoms with E-state index in [1.165, 1.54) is 0 Å². The first-order valence-corrected chi connectivity index (χ1v) is 8.80. The summed E-state index contributed by atoms with van der Waals surface area (Å²) in [6.45, 7) is 8.87. The molecule has 0 radical (unpaired) electrons. The highest BCUT2D eigenvalue weighted by molar-refractivity contribution is 5.94. The fraction of sp³-hybridized carbons (Fsp3) is 0.550. The van der Waals surface area contributed by atoms with Gasteiger partial charge in [0, 0.05) is 12.1 Å². The first-order chi connectivity index (χ1) is 12.0. The molecule has 144 valence electrons. The third-order valence-electron chi connectivity index (χ3n) is 3.76. The van der Waals surface area contributed by atoms with Gasteiger partial charge in [-0.2, -0.15) is 0 Å². The summed E-state index contributed by atoms with van der Waals surface area (Å²) in [5.41, 5.74) is -0.286. The number of hydrogen-bond acceptors (Lipinski definition) is 4. The summed E-state index contributed by atoms with van der Waals surface area (Å²) in [7, 11) is 0. The van der Waals surface area contributed by atoms with Gasteiger partial charge in [0.05, 0.1) is 11.8 Å². The van der Waals surface area contributed by atoms with Crippen LogP contribution in [0.15, 0.2) is 30.3 Å². The van der Waals surface area contributed by atoms with Crippen molar-refractivity contribution in [2.45, 2.75) is 46.6 Å². The van der Waals surface area contributed by atoms with Gasteiger partial charge in [-0.05, 0) is 45.2 Å². The van der Waals surface area contributed by atoms with Gasteiger partial charge in [0.15, 0.2) is 0 Å². The third kappa shape index (κ3) is 7.25. The van der Waals surface area contributed by atoms with E-state index in [4.69, 9.17) is 4.74 Å². The Bertz CT molecular complexity index is 619. The van der Waals surface area contributed by atoms with E-state index in [0.29, 0.717) is 12.0 Å². The first-order valence-electron chi connectivity index (χ1n) is 8.80. The van der Waals surface area contributed by atoms with Gasteiger partial charge in [-0.3, -0.25) is 14.4 Å². The zero-order valence-corrected chi connectivity index (χ0v) is 16.1. The summed E-state index contributed by atoms with van der Waals surface area (Å²) in [6.07, 6.45) is 0.320. The number of carbonyl (C=O) groups is 3. The molecule has 0 fully saturated rings. The van der Waals surface area contributed by atoms with Gasteiger partial charge in [-0.15, -0.1) is 0 Å². The van der Waals surface area contributed by atoms with Gasteiger partial charge in [0.2, 0.25) is 0 Å². The summed E-state index contributed by atoms with van der Waals surface area (Å²) in [6, 6.07) is 8.57. The number of aliphatic carboxylic acids is 1. The SMILES string of the molecule is CC(C)CC(C(=O)O)C(CNC(=O)c1ccccc1)C(=O)OC(C)(C)C. The molecule has 26 heavy (non-hydrogen) atoms. The van der Waals surface area contributed by atoms with Crippen LogP contribution in [0.4, 0.5) is 0 Å². The lowest BCUT2D eigenvalue weighted by molar-refractivity contribution is -0.166. The van der Waals surface area contributed by atoms with Gasteiger partial charge in [0.25, 0.3) is 5.91 Å². The van der Waals surface area contributed by atoms with Crippen molar-refractivity contribution >= 4 is 17.8 Å². The van der Waals surface area contributed by atoms with E-state index >= 15 is 0 Å². The minimum Gasteiger partial charge on any atom is -0.481 e. The molecule has 0 aliphatic carbocycles. The second-order valence-corrected chi connectivity index (χ2v) is 7.79. The monoisotopic (exact) mass is 363 g/mol. The Morgan fingerprint density at radius 1 is 1.08 bits per heavy atom. The molecule has 0 saturated carbocycles. The topological polar surface area (TPSA) is 92.7 Å². The number of nitrogens with one attached hydrogen (secondary N) is 1. The van der Waals surface area contributed by atoms with Gasteiger partial charge >= 0.3 is 11.9 Å². The van der Waals surface area contributed by atoms with E-state index in [-0.39, 0.29) is 18.4 Å². The van der Waals surface area contributed by atoms with Crippen molar-refractivity contribution in [3.05, 3.63) is 35.9 Å². The van der Waals surface area contributed by atoms with Crippen LogP contribution in [-0.2, 0) is 14.3 Å². The van der Waals surface area contributed by atoms with E-state index < -0.39 is 29.4 Å². The molecule has 1 aromatic carbocycles. The van der Waals surface area contributed by atoms with Crippen LogP contribution >= 0.6 is 0 Å². The van der Waals surface area contributed by atoms with Crippen LogP contribution < -0.4 is 5.32 Å². The predicted molar refractivity (Wildman–Crippen MR) is 98.7 cm³/mol. The number of esters is 1. The molecule has 1 amide bonds. The standard InChI is InChI=1S/C20H29NO5/c1-13(2)11-15(18(23)24)16(19(25)26-20(3,4)5)12-21-17(22)14-9-7-6-8-10-14/h6-10,13,15-16H,11-12H2,1-5H3,(H,21,22)(H,23,24). The molecular formula is C20H29NO5. The largest absolute Gasteiger partial charge is 0.481 e.